The Hall–Kier alpha value is -12.4. The van der Waals surface area contributed by atoms with E-state index in [2.05, 4.69) is 10.6 Å². The van der Waals surface area contributed by atoms with Gasteiger partial charge in [-0.1, -0.05) is 13.8 Å². The quantitative estimate of drug-likeness (QED) is 0.0274. The lowest BCUT2D eigenvalue weighted by Crippen LogP contribution is -2.57. The number of fused-ring (bicyclic) bond motifs is 12. The van der Waals surface area contributed by atoms with E-state index < -0.39 is 161 Å². The van der Waals surface area contributed by atoms with Crippen LogP contribution in [0.15, 0.2) is 97.1 Å². The minimum Gasteiger partial charge on any atom is -0.508 e. The molecule has 10 atom stereocenters. The molecule has 31 nitrogen and oxygen atoms in total. The number of halogens is 2. The number of amides is 4. The Morgan fingerprint density at radius 2 is 0.735 bits per heavy atom. The molecule has 6 aromatic rings. The van der Waals surface area contributed by atoms with E-state index in [0.29, 0.717) is 0 Å². The van der Waals surface area contributed by atoms with Gasteiger partial charge in [0.1, 0.15) is 70.2 Å². The minimum atomic E-state index is -3.78. The molecule has 4 aliphatic heterocycles. The van der Waals surface area contributed by atoms with Crippen molar-refractivity contribution >= 4 is 76.8 Å². The van der Waals surface area contributed by atoms with Crippen molar-refractivity contribution in [2.75, 3.05) is 0 Å². The first-order chi connectivity index (χ1) is 48.0. The zero-order valence-corrected chi connectivity index (χ0v) is 53.8. The van der Waals surface area contributed by atoms with Crippen molar-refractivity contribution in [1.29, 1.82) is 0 Å². The molecule has 0 saturated carbocycles. The van der Waals surface area contributed by atoms with E-state index in [1.165, 1.54) is 98.8 Å². The number of carbonyl (C=O) groups is 13. The van der Waals surface area contributed by atoms with Gasteiger partial charge in [-0.15, -0.1) is 0 Å². The number of nitrogens with two attached hydrogens (primary N) is 2. The summed E-state index contributed by atoms with van der Waals surface area (Å²) in [5, 5.41) is 89.3. The van der Waals surface area contributed by atoms with Crippen molar-refractivity contribution in [2.24, 2.45) is 23.3 Å². The number of phenols is 4. The summed E-state index contributed by atoms with van der Waals surface area (Å²) in [6.07, 6.45) is -11.2. The van der Waals surface area contributed by atoms with Gasteiger partial charge in [-0.2, -0.15) is 0 Å². The van der Waals surface area contributed by atoms with Gasteiger partial charge in [0, 0.05) is 57.6 Å². The van der Waals surface area contributed by atoms with E-state index in [1.807, 2.05) is 10.6 Å². The molecule has 4 amide bonds. The van der Waals surface area contributed by atoms with Crippen LogP contribution in [0.5, 0.6) is 46.0 Å². The molecule has 0 radical (unpaired) electrons. The fourth-order valence-corrected chi connectivity index (χ4v) is 12.7. The maximum atomic E-state index is 15.9. The van der Waals surface area contributed by atoms with Crippen LogP contribution in [0.25, 0.3) is 0 Å². The molecule has 16 N–H and O–H groups in total. The number of carboxylic acid groups (broad SMARTS) is 4. The Labute approximate surface area is 573 Å². The molecule has 102 heavy (non-hydrogen) atoms. The van der Waals surface area contributed by atoms with Gasteiger partial charge in [-0.3, -0.25) is 43.2 Å². The molecule has 0 bridgehead atoms. The number of Topliss-reactive ketones (excluding diaryl/α,β-unsaturated/α-hetero) is 3. The number of rotatable bonds is 26. The number of aromatic carboxylic acids is 2. The standard InChI is InChI=1S/C69H62F2N6O25/c1-25(13-29-15-31(64(93)94)17-41-51(29)66(97)101-68(41)37-9-5-33(78)19-45(37)99-46-20-34(79)6-10-38(46)68)55(72)62(91)74-27(3)60(89)76-43(23-49(82)83)57(86)53(70)59(88)54(71)58(87)44(24-50(84)85)77-61(90)28(4)75-63(92)56(73)26(2)14-30-16-32(65(95)96)18-42-52(30)67(98)102-69(42)39-11-7-35(80)21-47(39)100-48-22-36(81)8-12-40(48)69/h5-12,15-22,25-28,43-44,53-56,78-81H,13-14,23-24,72-73H2,1-4H3,(H,74,91)(H,75,92)(H,76,89)(H,77,90)(H,82,83)(H,84,85)(H,93,94)(H,95,96)/t25?,26?,27-,28-,43-,44-,53?,54?,55-,56-/m0/s1. The summed E-state index contributed by atoms with van der Waals surface area (Å²) in [5.74, 6) is -23.8. The molecule has 4 aliphatic rings. The number of alkyl halides is 2. The van der Waals surface area contributed by atoms with Gasteiger partial charge >= 0.3 is 35.8 Å². The fraction of sp³-hybridized carbons (Fsp3) is 0.290. The monoisotopic (exact) mass is 1410 g/mol. The third kappa shape index (κ3) is 13.4. The maximum absolute atomic E-state index is 15.9. The number of ketones is 3. The van der Waals surface area contributed by atoms with Crippen LogP contribution in [0, 0.1) is 11.8 Å². The minimum absolute atomic E-state index is 0.00148. The summed E-state index contributed by atoms with van der Waals surface area (Å²) in [6, 6.07) is 8.22. The molecule has 4 unspecified atom stereocenters. The second-order valence-electron chi connectivity index (χ2n) is 24.9. The predicted octanol–water partition coefficient (Wildman–Crippen LogP) is 3.07. The Morgan fingerprint density at radius 3 is 1.02 bits per heavy atom. The van der Waals surface area contributed by atoms with E-state index in [1.54, 1.807) is 0 Å². The highest BCUT2D eigenvalue weighted by Crippen LogP contribution is 2.60. The Kier molecular flexibility index (Phi) is 19.7. The number of esters is 2. The number of benzene rings is 6. The van der Waals surface area contributed by atoms with Gasteiger partial charge in [-0.25, -0.2) is 28.0 Å². The molecule has 6 aromatic carbocycles. The van der Waals surface area contributed by atoms with Crippen LogP contribution >= 0.6 is 0 Å². The predicted molar refractivity (Wildman–Crippen MR) is 340 cm³/mol. The molecule has 33 heteroatoms. The number of phenolic OH excluding ortho intramolecular Hbond substituents is 4. The Morgan fingerprint density at radius 1 is 0.431 bits per heavy atom. The average Bonchev–Trinajstić information content (AvgIpc) is 1.48. The molecule has 4 heterocycles. The second-order valence-corrected chi connectivity index (χ2v) is 24.9. The smallest absolute Gasteiger partial charge is 0.340 e. The summed E-state index contributed by atoms with van der Waals surface area (Å²) in [6.45, 7) is 4.80. The highest BCUT2D eigenvalue weighted by atomic mass is 19.1. The lowest BCUT2D eigenvalue weighted by atomic mass is 9.75. The lowest BCUT2D eigenvalue weighted by molar-refractivity contribution is -0.148. The van der Waals surface area contributed by atoms with E-state index in [0.717, 1.165) is 26.0 Å². The van der Waals surface area contributed by atoms with Crippen molar-refractivity contribution in [3.8, 4) is 46.0 Å². The molecule has 0 aromatic heterocycles. The number of hydrogen-bond acceptors (Lipinski definition) is 23. The number of carboxylic acids is 4. The normalized spacial score (nSPS) is 16.7. The topological polar surface area (TPSA) is 521 Å². The molecule has 0 saturated heterocycles. The molecule has 532 valence electrons. The molecule has 0 fully saturated rings. The number of aromatic hydroxyl groups is 4. The highest BCUT2D eigenvalue weighted by Gasteiger charge is 2.57. The van der Waals surface area contributed by atoms with Crippen molar-refractivity contribution in [2.45, 2.75) is 113 Å². The SMILES string of the molecule is CC(Cc1cc(C(=O)O)cc2c1C(=O)OC21c2ccc(O)cc2Oc2cc(O)ccc21)[C@H](N)C(=O)N[C@@H](C)C(=O)N[C@@H](CC(=O)O)C(=O)C(F)C(=O)C(F)C(=O)[C@H](CC(=O)O)NC(=O)[C@H](C)NC(=O)[C@@H](N)C(C)Cc1cc(C(=O)O)cc2c1C(=O)OC21c2ccc(O)cc2Oc2cc(O)ccc21. The van der Waals surface area contributed by atoms with Gasteiger partial charge < -0.3 is 92.5 Å². The van der Waals surface area contributed by atoms with Crippen molar-refractivity contribution in [3.63, 3.8) is 0 Å². The largest absolute Gasteiger partial charge is 0.508 e. The second kappa shape index (κ2) is 27.7. The van der Waals surface area contributed by atoms with Crippen LogP contribution in [-0.2, 0) is 76.7 Å². The van der Waals surface area contributed by atoms with Crippen LogP contribution in [-0.4, -0.2) is 166 Å². The number of hydrogen-bond donors (Lipinski definition) is 14. The molecule has 10 rings (SSSR count). The Balaban J connectivity index is 0.769. The Bertz CT molecular complexity index is 4250. The number of nitrogens with one attached hydrogen (secondary N) is 4. The fourth-order valence-electron chi connectivity index (χ4n) is 12.7. The van der Waals surface area contributed by atoms with E-state index >= 15 is 8.78 Å². The van der Waals surface area contributed by atoms with Crippen LogP contribution in [0.3, 0.4) is 0 Å². The first-order valence-corrected chi connectivity index (χ1v) is 31.0. The zero-order valence-electron chi connectivity index (χ0n) is 53.8. The highest BCUT2D eigenvalue weighted by molar-refractivity contribution is 6.19. The van der Waals surface area contributed by atoms with E-state index in [4.69, 9.17) is 30.4 Å². The number of aliphatic carboxylic acids is 2. The van der Waals surface area contributed by atoms with Gasteiger partial charge in [0.05, 0.1) is 47.2 Å². The first-order valence-electron chi connectivity index (χ1n) is 31.0. The number of ether oxygens (including phenoxy) is 4. The van der Waals surface area contributed by atoms with Gasteiger partial charge in [0.2, 0.25) is 41.8 Å². The number of carbonyl (C=O) groups excluding carboxylic acids is 9. The third-order valence-electron chi connectivity index (χ3n) is 17.9. The summed E-state index contributed by atoms with van der Waals surface area (Å²) in [5.41, 5.74) is 8.50. The van der Waals surface area contributed by atoms with Crippen molar-refractivity contribution < 1.29 is 131 Å². The van der Waals surface area contributed by atoms with Gasteiger partial charge in [-0.05, 0) is 122 Å². The van der Waals surface area contributed by atoms with E-state index in [9.17, 15) is 103 Å². The van der Waals surface area contributed by atoms with Crippen molar-refractivity contribution in [1.82, 2.24) is 21.3 Å². The lowest BCUT2D eigenvalue weighted by Gasteiger charge is -2.36. The van der Waals surface area contributed by atoms with Gasteiger partial charge in [0.15, 0.2) is 22.8 Å². The van der Waals surface area contributed by atoms with Crippen molar-refractivity contribution in [3.05, 3.63) is 164 Å². The summed E-state index contributed by atoms with van der Waals surface area (Å²) in [7, 11) is 0. The van der Waals surface area contributed by atoms with Crippen LogP contribution < -0.4 is 42.2 Å². The summed E-state index contributed by atoms with van der Waals surface area (Å²) >= 11 is 0. The average molecular weight is 1410 g/mol. The molecular formula is C69H62F2N6O25. The third-order valence-corrected chi connectivity index (χ3v) is 17.9. The summed E-state index contributed by atoms with van der Waals surface area (Å²) in [4.78, 5) is 172. The molecular weight excluding hydrogens is 1350 g/mol. The molecule has 2 spiro atoms. The van der Waals surface area contributed by atoms with Crippen LogP contribution in [0.1, 0.15) is 126 Å². The zero-order chi connectivity index (χ0) is 74.6. The molecule has 0 aliphatic carbocycles. The van der Waals surface area contributed by atoms with Gasteiger partial charge in [0.25, 0.3) is 0 Å². The first kappa shape index (κ1) is 72.4. The van der Waals surface area contributed by atoms with Crippen LogP contribution in [0.2, 0.25) is 0 Å². The summed E-state index contributed by atoms with van der Waals surface area (Å²) < 4.78 is 56.0. The van der Waals surface area contributed by atoms with E-state index in [-0.39, 0.29) is 126 Å². The maximum Gasteiger partial charge on any atom is 0.340 e. The van der Waals surface area contributed by atoms with Crippen LogP contribution in [0.4, 0.5) is 8.78 Å².